The first-order valence-corrected chi connectivity index (χ1v) is 9.47. The van der Waals surface area contributed by atoms with Gasteiger partial charge in [-0.15, -0.1) is 0 Å². The van der Waals surface area contributed by atoms with Crippen molar-refractivity contribution in [1.29, 1.82) is 0 Å². The van der Waals surface area contributed by atoms with Crippen molar-refractivity contribution in [1.82, 2.24) is 15.0 Å². The fourth-order valence-electron chi connectivity index (χ4n) is 4.03. The Morgan fingerprint density at radius 2 is 2.12 bits per heavy atom. The number of benzene rings is 1. The maximum Gasteiger partial charge on any atom is 0.257 e. The Balaban J connectivity index is 1.64. The van der Waals surface area contributed by atoms with E-state index in [1.54, 1.807) is 12.1 Å². The molecule has 1 amide bonds. The number of likely N-dealkylation sites (tertiary alicyclic amines) is 1. The van der Waals surface area contributed by atoms with Crippen molar-refractivity contribution in [2.75, 3.05) is 13.1 Å². The molecule has 1 atom stereocenters. The zero-order valence-corrected chi connectivity index (χ0v) is 15.1. The summed E-state index contributed by atoms with van der Waals surface area (Å²) in [5.41, 5.74) is 0.482. The van der Waals surface area contributed by atoms with Crippen molar-refractivity contribution in [3.8, 4) is 11.5 Å². The van der Waals surface area contributed by atoms with Gasteiger partial charge in [-0.05, 0) is 49.4 Å². The number of piperidine rings is 1. The van der Waals surface area contributed by atoms with Gasteiger partial charge in [-0.25, -0.2) is 4.39 Å². The molecule has 2 fully saturated rings. The number of carbonyl (C=O) groups is 1. The van der Waals surface area contributed by atoms with Crippen LogP contribution in [0.25, 0.3) is 11.5 Å². The molecule has 138 valence electrons. The summed E-state index contributed by atoms with van der Waals surface area (Å²) in [6.07, 6.45) is 5.94. The number of carbonyl (C=O) groups excluding carboxylic acids is 1. The van der Waals surface area contributed by atoms with Crippen LogP contribution in [-0.4, -0.2) is 34.0 Å². The van der Waals surface area contributed by atoms with Gasteiger partial charge < -0.3 is 9.42 Å². The average Bonchev–Trinajstić information content (AvgIpc) is 3.32. The zero-order chi connectivity index (χ0) is 18.1. The lowest BCUT2D eigenvalue weighted by molar-refractivity contribution is -0.133. The molecule has 26 heavy (non-hydrogen) atoms. The van der Waals surface area contributed by atoms with Crippen LogP contribution in [-0.2, 0) is 10.2 Å². The summed E-state index contributed by atoms with van der Waals surface area (Å²) in [7, 11) is 0. The zero-order valence-electron chi connectivity index (χ0n) is 15.1. The lowest BCUT2D eigenvalue weighted by atomic mass is 9.74. The van der Waals surface area contributed by atoms with E-state index in [9.17, 15) is 9.18 Å². The van der Waals surface area contributed by atoms with Crippen LogP contribution in [0.5, 0.6) is 0 Å². The van der Waals surface area contributed by atoms with E-state index < -0.39 is 0 Å². The minimum atomic E-state index is -0.292. The lowest BCUT2D eigenvalue weighted by Crippen LogP contribution is -2.49. The molecule has 0 spiro atoms. The standard InChI is InChI=1S/C20H24FN3O2/c1-2-17(25)24-11-3-10-20(13-24,12-14-4-5-14)19-22-18(26-23-19)15-6-8-16(21)9-7-15/h6-9,14H,2-5,10-13H2,1H3. The first-order valence-electron chi connectivity index (χ1n) is 9.47. The Bertz CT molecular complexity index is 785. The van der Waals surface area contributed by atoms with E-state index in [1.165, 1.54) is 25.0 Å². The monoisotopic (exact) mass is 357 g/mol. The number of rotatable bonds is 5. The summed E-state index contributed by atoms with van der Waals surface area (Å²) < 4.78 is 18.7. The van der Waals surface area contributed by atoms with Crippen molar-refractivity contribution >= 4 is 5.91 Å². The molecule has 1 unspecified atom stereocenters. The van der Waals surface area contributed by atoms with Crippen LogP contribution in [0.15, 0.2) is 28.8 Å². The summed E-state index contributed by atoms with van der Waals surface area (Å²) >= 11 is 0. The van der Waals surface area contributed by atoms with Gasteiger partial charge in [-0.2, -0.15) is 4.98 Å². The normalized spacial score (nSPS) is 23.2. The average molecular weight is 357 g/mol. The fourth-order valence-corrected chi connectivity index (χ4v) is 4.03. The van der Waals surface area contributed by atoms with Gasteiger partial charge in [0.2, 0.25) is 5.91 Å². The van der Waals surface area contributed by atoms with Crippen molar-refractivity contribution in [2.24, 2.45) is 5.92 Å². The van der Waals surface area contributed by atoms with Crippen LogP contribution in [0.2, 0.25) is 0 Å². The number of hydrogen-bond donors (Lipinski definition) is 0. The van der Waals surface area contributed by atoms with E-state index in [4.69, 9.17) is 4.52 Å². The third kappa shape index (κ3) is 3.37. The second-order valence-corrected chi connectivity index (χ2v) is 7.63. The molecule has 1 aromatic heterocycles. The van der Waals surface area contributed by atoms with Gasteiger partial charge in [0, 0.05) is 25.1 Å². The highest BCUT2D eigenvalue weighted by molar-refractivity contribution is 5.76. The summed E-state index contributed by atoms with van der Waals surface area (Å²) in [4.78, 5) is 18.9. The highest BCUT2D eigenvalue weighted by atomic mass is 19.1. The Morgan fingerprint density at radius 1 is 1.35 bits per heavy atom. The van der Waals surface area contributed by atoms with Gasteiger partial charge in [0.15, 0.2) is 5.82 Å². The number of halogens is 1. The first-order chi connectivity index (χ1) is 12.6. The van der Waals surface area contributed by atoms with Crippen LogP contribution >= 0.6 is 0 Å². The van der Waals surface area contributed by atoms with Crippen LogP contribution in [0.3, 0.4) is 0 Å². The second kappa shape index (κ2) is 6.82. The van der Waals surface area contributed by atoms with Crippen LogP contribution in [0.1, 0.15) is 51.3 Å². The summed E-state index contributed by atoms with van der Waals surface area (Å²) in [5.74, 6) is 1.69. The molecule has 1 aromatic carbocycles. The Morgan fingerprint density at radius 3 is 2.81 bits per heavy atom. The minimum absolute atomic E-state index is 0.187. The molecule has 5 nitrogen and oxygen atoms in total. The molecule has 2 heterocycles. The molecule has 1 aliphatic heterocycles. The molecule has 0 bridgehead atoms. The third-order valence-corrected chi connectivity index (χ3v) is 5.60. The van der Waals surface area contributed by atoms with E-state index in [-0.39, 0.29) is 17.1 Å². The molecule has 0 N–H and O–H groups in total. The lowest BCUT2D eigenvalue weighted by Gasteiger charge is -2.41. The molecule has 6 heteroatoms. The SMILES string of the molecule is CCC(=O)N1CCCC(CC2CC2)(c2noc(-c3ccc(F)cc3)n2)C1. The van der Waals surface area contributed by atoms with Gasteiger partial charge in [0.25, 0.3) is 5.89 Å². The number of nitrogens with zero attached hydrogens (tertiary/aromatic N) is 3. The van der Waals surface area contributed by atoms with E-state index in [2.05, 4.69) is 10.1 Å². The highest BCUT2D eigenvalue weighted by Gasteiger charge is 2.45. The summed E-state index contributed by atoms with van der Waals surface area (Å²) in [6.45, 7) is 3.38. The largest absolute Gasteiger partial charge is 0.342 e. The smallest absolute Gasteiger partial charge is 0.257 e. The molecule has 1 saturated heterocycles. The first kappa shape index (κ1) is 17.2. The molecule has 1 aliphatic carbocycles. The number of hydrogen-bond acceptors (Lipinski definition) is 4. The summed E-state index contributed by atoms with van der Waals surface area (Å²) in [6, 6.07) is 6.07. The van der Waals surface area contributed by atoms with Crippen LogP contribution in [0, 0.1) is 11.7 Å². The molecule has 2 aliphatic rings. The van der Waals surface area contributed by atoms with E-state index in [0.717, 1.165) is 25.8 Å². The molecular weight excluding hydrogens is 333 g/mol. The van der Waals surface area contributed by atoms with Crippen LogP contribution < -0.4 is 0 Å². The highest BCUT2D eigenvalue weighted by Crippen LogP contribution is 2.46. The maximum absolute atomic E-state index is 13.2. The number of amides is 1. The van der Waals surface area contributed by atoms with Gasteiger partial charge in [-0.3, -0.25) is 4.79 Å². The van der Waals surface area contributed by atoms with Crippen molar-refractivity contribution in [3.05, 3.63) is 35.9 Å². The predicted molar refractivity (Wildman–Crippen MR) is 94.8 cm³/mol. The van der Waals surface area contributed by atoms with E-state index in [1.807, 2.05) is 11.8 Å². The number of aromatic nitrogens is 2. The summed E-state index contributed by atoms with van der Waals surface area (Å²) in [5, 5.41) is 4.29. The fraction of sp³-hybridized carbons (Fsp3) is 0.550. The van der Waals surface area contributed by atoms with Crippen molar-refractivity contribution in [2.45, 2.75) is 50.9 Å². The van der Waals surface area contributed by atoms with Gasteiger partial charge in [0.1, 0.15) is 5.82 Å². The van der Waals surface area contributed by atoms with Crippen molar-refractivity contribution in [3.63, 3.8) is 0 Å². The van der Waals surface area contributed by atoms with Crippen molar-refractivity contribution < 1.29 is 13.7 Å². The minimum Gasteiger partial charge on any atom is -0.342 e. The molecule has 1 saturated carbocycles. The third-order valence-electron chi connectivity index (χ3n) is 5.60. The van der Waals surface area contributed by atoms with E-state index in [0.29, 0.717) is 36.2 Å². The molecule has 0 radical (unpaired) electrons. The topological polar surface area (TPSA) is 59.2 Å². The quantitative estimate of drug-likeness (QED) is 0.813. The molecular formula is C20H24FN3O2. The Kier molecular flexibility index (Phi) is 4.51. The van der Waals surface area contributed by atoms with E-state index >= 15 is 0 Å². The Hall–Kier alpha value is -2.24. The molecule has 4 rings (SSSR count). The van der Waals surface area contributed by atoms with Gasteiger partial charge >= 0.3 is 0 Å². The van der Waals surface area contributed by atoms with Gasteiger partial charge in [-0.1, -0.05) is 24.9 Å². The Labute approximate surface area is 152 Å². The second-order valence-electron chi connectivity index (χ2n) is 7.63. The van der Waals surface area contributed by atoms with Gasteiger partial charge in [0.05, 0.1) is 5.41 Å². The van der Waals surface area contributed by atoms with Crippen LogP contribution in [0.4, 0.5) is 4.39 Å². The predicted octanol–water partition coefficient (Wildman–Crippen LogP) is 3.95. The molecule has 2 aromatic rings. The maximum atomic E-state index is 13.2.